The minimum Gasteiger partial charge on any atom is -0.334 e. The molecule has 0 aliphatic rings. The zero-order valence-corrected chi connectivity index (χ0v) is 12.7. The number of nitriles is 1. The van der Waals surface area contributed by atoms with Crippen molar-refractivity contribution in [3.05, 3.63) is 72.4 Å². The van der Waals surface area contributed by atoms with E-state index in [2.05, 4.69) is 20.6 Å². The molecule has 0 fully saturated rings. The van der Waals surface area contributed by atoms with Crippen LogP contribution in [0.1, 0.15) is 11.1 Å². The molecule has 0 saturated carbocycles. The number of rotatable bonds is 4. The molecule has 0 spiro atoms. The van der Waals surface area contributed by atoms with E-state index in [1.165, 1.54) is 0 Å². The SMILES string of the molecule is N#Cc1ccc(NC(=O)NCc2ccc(-n3ccnc3)nc2)cc1. The third-order valence-electron chi connectivity index (χ3n) is 3.30. The number of nitrogens with zero attached hydrogens (tertiary/aromatic N) is 4. The van der Waals surface area contributed by atoms with Crippen LogP contribution in [-0.2, 0) is 6.54 Å². The highest BCUT2D eigenvalue weighted by Crippen LogP contribution is 2.09. The molecule has 0 saturated heterocycles. The molecule has 3 rings (SSSR count). The lowest BCUT2D eigenvalue weighted by Gasteiger charge is -2.08. The third-order valence-corrected chi connectivity index (χ3v) is 3.30. The molecule has 118 valence electrons. The molecule has 2 N–H and O–H groups in total. The molecule has 24 heavy (non-hydrogen) atoms. The number of hydrogen-bond donors (Lipinski definition) is 2. The second kappa shape index (κ2) is 7.07. The minimum atomic E-state index is -0.321. The summed E-state index contributed by atoms with van der Waals surface area (Å²) in [5, 5.41) is 14.2. The average Bonchev–Trinajstić information content (AvgIpc) is 3.16. The molecule has 7 heteroatoms. The van der Waals surface area contributed by atoms with Crippen LogP contribution in [0, 0.1) is 11.3 Å². The molecule has 0 bridgehead atoms. The summed E-state index contributed by atoms with van der Waals surface area (Å²) in [7, 11) is 0. The molecule has 7 nitrogen and oxygen atoms in total. The molecule has 0 aliphatic carbocycles. The van der Waals surface area contributed by atoms with Gasteiger partial charge in [-0.05, 0) is 35.9 Å². The largest absolute Gasteiger partial charge is 0.334 e. The van der Waals surface area contributed by atoms with Gasteiger partial charge in [0, 0.05) is 30.8 Å². The zero-order valence-electron chi connectivity index (χ0n) is 12.7. The van der Waals surface area contributed by atoms with Crippen molar-refractivity contribution in [3.63, 3.8) is 0 Å². The Morgan fingerprint density at radius 1 is 1.21 bits per heavy atom. The Morgan fingerprint density at radius 2 is 2.04 bits per heavy atom. The van der Waals surface area contributed by atoms with Crippen LogP contribution in [-0.4, -0.2) is 20.6 Å². The fourth-order valence-corrected chi connectivity index (χ4v) is 2.05. The zero-order chi connectivity index (χ0) is 16.8. The van der Waals surface area contributed by atoms with Crippen LogP contribution in [0.25, 0.3) is 5.82 Å². The fraction of sp³-hybridized carbons (Fsp3) is 0.0588. The highest BCUT2D eigenvalue weighted by Gasteiger charge is 2.03. The summed E-state index contributed by atoms with van der Waals surface area (Å²) in [6, 6.07) is 12.1. The van der Waals surface area contributed by atoms with Crippen LogP contribution in [0.3, 0.4) is 0 Å². The minimum absolute atomic E-state index is 0.321. The summed E-state index contributed by atoms with van der Waals surface area (Å²) in [5.41, 5.74) is 2.05. The van der Waals surface area contributed by atoms with Gasteiger partial charge in [0.1, 0.15) is 12.1 Å². The lowest BCUT2D eigenvalue weighted by atomic mass is 10.2. The number of pyridine rings is 1. The quantitative estimate of drug-likeness (QED) is 0.772. The van der Waals surface area contributed by atoms with E-state index in [0.717, 1.165) is 11.4 Å². The number of anilines is 1. The van der Waals surface area contributed by atoms with Gasteiger partial charge in [-0.1, -0.05) is 6.07 Å². The summed E-state index contributed by atoms with van der Waals surface area (Å²) in [4.78, 5) is 20.2. The lowest BCUT2D eigenvalue weighted by Crippen LogP contribution is -2.28. The highest BCUT2D eigenvalue weighted by molar-refractivity contribution is 5.89. The summed E-state index contributed by atoms with van der Waals surface area (Å²) >= 11 is 0. The number of imidazole rings is 1. The molecule has 0 radical (unpaired) electrons. The second-order valence-corrected chi connectivity index (χ2v) is 4.99. The summed E-state index contributed by atoms with van der Waals surface area (Å²) in [6.45, 7) is 0.360. The number of aromatic nitrogens is 3. The Morgan fingerprint density at radius 3 is 2.67 bits per heavy atom. The van der Waals surface area contributed by atoms with Crippen LogP contribution in [0.2, 0.25) is 0 Å². The number of amides is 2. The normalized spacial score (nSPS) is 9.96. The van der Waals surface area contributed by atoms with Gasteiger partial charge in [0.05, 0.1) is 11.6 Å². The Balaban J connectivity index is 1.53. The van der Waals surface area contributed by atoms with Crippen LogP contribution in [0.5, 0.6) is 0 Å². The Labute approximate surface area is 138 Å². The summed E-state index contributed by atoms with van der Waals surface area (Å²) < 4.78 is 1.80. The van der Waals surface area contributed by atoms with Gasteiger partial charge in [0.15, 0.2) is 0 Å². The smallest absolute Gasteiger partial charge is 0.319 e. The first kappa shape index (κ1) is 15.2. The maximum absolute atomic E-state index is 11.9. The van der Waals surface area contributed by atoms with Gasteiger partial charge in [0.25, 0.3) is 0 Å². The maximum atomic E-state index is 11.9. The maximum Gasteiger partial charge on any atom is 0.319 e. The predicted octanol–water partition coefficient (Wildman–Crippen LogP) is 2.46. The Hall–Kier alpha value is -3.66. The van der Waals surface area contributed by atoms with E-state index in [4.69, 9.17) is 5.26 Å². The Kier molecular flexibility index (Phi) is 4.49. The van der Waals surface area contributed by atoms with E-state index in [-0.39, 0.29) is 6.03 Å². The van der Waals surface area contributed by atoms with Gasteiger partial charge >= 0.3 is 6.03 Å². The van der Waals surface area contributed by atoms with Gasteiger partial charge < -0.3 is 10.6 Å². The van der Waals surface area contributed by atoms with E-state index >= 15 is 0 Å². The molecule has 2 heterocycles. The van der Waals surface area contributed by atoms with E-state index in [9.17, 15) is 4.79 Å². The number of benzene rings is 1. The van der Waals surface area contributed by atoms with Crippen molar-refractivity contribution in [3.8, 4) is 11.9 Å². The number of carbonyl (C=O) groups is 1. The van der Waals surface area contributed by atoms with E-state index in [1.807, 2.05) is 24.4 Å². The molecular formula is C17H14N6O. The monoisotopic (exact) mass is 318 g/mol. The van der Waals surface area contributed by atoms with Crippen molar-refractivity contribution in [2.45, 2.75) is 6.54 Å². The number of hydrogen-bond acceptors (Lipinski definition) is 4. The van der Waals surface area contributed by atoms with E-state index in [1.54, 1.807) is 47.6 Å². The standard InChI is InChI=1S/C17H14N6O/c18-9-13-1-4-15(5-2-13)22-17(24)21-11-14-3-6-16(20-10-14)23-8-7-19-12-23/h1-8,10,12H,11H2,(H2,21,22,24). The molecule has 2 aromatic heterocycles. The molecule has 3 aromatic rings. The van der Waals surface area contributed by atoms with Crippen molar-refractivity contribution in [2.24, 2.45) is 0 Å². The van der Waals surface area contributed by atoms with Crippen molar-refractivity contribution < 1.29 is 4.79 Å². The topological polar surface area (TPSA) is 95.6 Å². The molecule has 0 aliphatic heterocycles. The molecular weight excluding hydrogens is 304 g/mol. The third kappa shape index (κ3) is 3.75. The van der Waals surface area contributed by atoms with Crippen LogP contribution in [0.4, 0.5) is 10.5 Å². The van der Waals surface area contributed by atoms with Gasteiger partial charge in [-0.25, -0.2) is 14.8 Å². The highest BCUT2D eigenvalue weighted by atomic mass is 16.2. The fourth-order valence-electron chi connectivity index (χ4n) is 2.05. The number of nitrogens with one attached hydrogen (secondary N) is 2. The average molecular weight is 318 g/mol. The molecule has 2 amide bonds. The number of carbonyl (C=O) groups excluding carboxylic acids is 1. The molecule has 1 aromatic carbocycles. The van der Waals surface area contributed by atoms with Gasteiger partial charge in [-0.15, -0.1) is 0 Å². The van der Waals surface area contributed by atoms with Gasteiger partial charge in [0.2, 0.25) is 0 Å². The van der Waals surface area contributed by atoms with Crippen LogP contribution < -0.4 is 10.6 Å². The lowest BCUT2D eigenvalue weighted by molar-refractivity contribution is 0.251. The predicted molar refractivity (Wildman–Crippen MR) is 88.4 cm³/mol. The molecule has 0 atom stereocenters. The second-order valence-electron chi connectivity index (χ2n) is 4.99. The van der Waals surface area contributed by atoms with Crippen molar-refractivity contribution in [2.75, 3.05) is 5.32 Å². The first-order valence-corrected chi connectivity index (χ1v) is 7.23. The summed E-state index contributed by atoms with van der Waals surface area (Å²) in [6.07, 6.45) is 6.87. The number of urea groups is 1. The van der Waals surface area contributed by atoms with Crippen molar-refractivity contribution >= 4 is 11.7 Å². The Bertz CT molecular complexity index is 848. The van der Waals surface area contributed by atoms with E-state index < -0.39 is 0 Å². The van der Waals surface area contributed by atoms with Crippen molar-refractivity contribution in [1.82, 2.24) is 19.9 Å². The van der Waals surface area contributed by atoms with Gasteiger partial charge in [-0.3, -0.25) is 4.57 Å². The van der Waals surface area contributed by atoms with Crippen LogP contribution >= 0.6 is 0 Å². The van der Waals surface area contributed by atoms with Crippen molar-refractivity contribution in [1.29, 1.82) is 5.26 Å². The molecule has 0 unspecified atom stereocenters. The van der Waals surface area contributed by atoms with E-state index in [0.29, 0.717) is 17.8 Å². The van der Waals surface area contributed by atoms with Crippen LogP contribution in [0.15, 0.2) is 61.3 Å². The van der Waals surface area contributed by atoms with Gasteiger partial charge in [-0.2, -0.15) is 5.26 Å². The first-order chi connectivity index (χ1) is 11.7. The summed E-state index contributed by atoms with van der Waals surface area (Å²) in [5.74, 6) is 0.762. The first-order valence-electron chi connectivity index (χ1n) is 7.23.